The summed E-state index contributed by atoms with van der Waals surface area (Å²) in [6, 6.07) is 0. The zero-order valence-corrected chi connectivity index (χ0v) is 6.99. The molecule has 0 amide bonds. The van der Waals surface area contributed by atoms with Crippen LogP contribution in [0, 0.1) is 5.41 Å². The van der Waals surface area contributed by atoms with E-state index in [9.17, 15) is 4.79 Å². The van der Waals surface area contributed by atoms with E-state index in [0.717, 1.165) is 0 Å². The summed E-state index contributed by atoms with van der Waals surface area (Å²) in [4.78, 5) is 11.2. The summed E-state index contributed by atoms with van der Waals surface area (Å²) >= 11 is 0. The van der Waals surface area contributed by atoms with Gasteiger partial charge >= 0.3 is 0 Å². The molecule has 0 rings (SSSR count). The summed E-state index contributed by atoms with van der Waals surface area (Å²) < 4.78 is 4.53. The first-order chi connectivity index (χ1) is 5.66. The molecule has 12 heavy (non-hydrogen) atoms. The van der Waals surface area contributed by atoms with Gasteiger partial charge in [-0.2, -0.15) is 0 Å². The van der Waals surface area contributed by atoms with Gasteiger partial charge in [0.1, 0.15) is 12.0 Å². The van der Waals surface area contributed by atoms with E-state index >= 15 is 0 Å². The number of hydrogen-bond acceptors (Lipinski definition) is 5. The van der Waals surface area contributed by atoms with E-state index in [2.05, 4.69) is 4.74 Å². The first-order valence-corrected chi connectivity index (χ1v) is 3.51. The Balaban J connectivity index is 4.36. The van der Waals surface area contributed by atoms with Crippen molar-refractivity contribution in [1.82, 2.24) is 0 Å². The van der Waals surface area contributed by atoms with Gasteiger partial charge in [-0.05, 0) is 0 Å². The lowest BCUT2D eigenvalue weighted by Crippen LogP contribution is -2.43. The van der Waals surface area contributed by atoms with E-state index < -0.39 is 31.0 Å². The van der Waals surface area contributed by atoms with Crippen molar-refractivity contribution in [1.29, 1.82) is 0 Å². The lowest BCUT2D eigenvalue weighted by molar-refractivity contribution is -0.141. The number of ether oxygens (including phenoxy) is 1. The number of carbonyl (C=O) groups is 1. The maximum atomic E-state index is 11.2. The highest BCUT2D eigenvalue weighted by molar-refractivity contribution is 5.86. The van der Waals surface area contributed by atoms with Crippen LogP contribution in [-0.4, -0.2) is 54.6 Å². The van der Waals surface area contributed by atoms with Crippen LogP contribution in [0.5, 0.6) is 0 Å². The Bertz CT molecular complexity index is 132. The smallest absolute Gasteiger partial charge is 0.171 e. The third-order valence-corrected chi connectivity index (χ3v) is 1.77. The number of Topliss-reactive ketones (excluding diaryl/α,β-unsaturated/α-hetero) is 1. The SMILES string of the molecule is COCC(=O)C(CO)(CO)CO. The van der Waals surface area contributed by atoms with Crippen LogP contribution in [0.4, 0.5) is 0 Å². The van der Waals surface area contributed by atoms with E-state index in [-0.39, 0.29) is 6.61 Å². The van der Waals surface area contributed by atoms with Gasteiger partial charge in [0.2, 0.25) is 0 Å². The van der Waals surface area contributed by atoms with Gasteiger partial charge < -0.3 is 20.1 Å². The normalized spacial score (nSPS) is 11.7. The van der Waals surface area contributed by atoms with Crippen molar-refractivity contribution in [3.8, 4) is 0 Å². The van der Waals surface area contributed by atoms with E-state index in [1.807, 2.05) is 0 Å². The second-order valence-electron chi connectivity index (χ2n) is 2.61. The van der Waals surface area contributed by atoms with E-state index in [1.165, 1.54) is 7.11 Å². The summed E-state index contributed by atoms with van der Waals surface area (Å²) in [5.41, 5.74) is -1.46. The molecule has 0 aromatic carbocycles. The monoisotopic (exact) mass is 178 g/mol. The quantitative estimate of drug-likeness (QED) is 0.445. The molecule has 0 aliphatic carbocycles. The molecule has 72 valence electrons. The van der Waals surface area contributed by atoms with Gasteiger partial charge in [-0.25, -0.2) is 0 Å². The average Bonchev–Trinajstić information content (AvgIpc) is 2.09. The molecule has 5 heteroatoms. The first kappa shape index (κ1) is 11.5. The van der Waals surface area contributed by atoms with Crippen LogP contribution in [0.25, 0.3) is 0 Å². The molecule has 3 N–H and O–H groups in total. The van der Waals surface area contributed by atoms with Crippen molar-refractivity contribution in [3.63, 3.8) is 0 Å². The zero-order chi connectivity index (χ0) is 9.61. The molecule has 0 aliphatic heterocycles. The molecular formula is C7H14O5. The second kappa shape index (κ2) is 5.21. The predicted octanol–water partition coefficient (Wildman–Crippen LogP) is -1.83. The highest BCUT2D eigenvalue weighted by atomic mass is 16.5. The maximum absolute atomic E-state index is 11.2. The van der Waals surface area contributed by atoms with Gasteiger partial charge in [0.05, 0.1) is 19.8 Å². The number of methoxy groups -OCH3 is 1. The Hall–Kier alpha value is -0.490. The number of carbonyl (C=O) groups excluding carboxylic acids is 1. The zero-order valence-electron chi connectivity index (χ0n) is 6.99. The van der Waals surface area contributed by atoms with Crippen molar-refractivity contribution in [2.24, 2.45) is 5.41 Å². The van der Waals surface area contributed by atoms with Crippen molar-refractivity contribution in [3.05, 3.63) is 0 Å². The molecule has 0 spiro atoms. The van der Waals surface area contributed by atoms with Crippen molar-refractivity contribution >= 4 is 5.78 Å². The first-order valence-electron chi connectivity index (χ1n) is 3.51. The molecule has 0 bridgehead atoms. The molecule has 0 atom stereocenters. The summed E-state index contributed by atoms with van der Waals surface area (Å²) in [6.45, 7) is -1.96. The van der Waals surface area contributed by atoms with Gasteiger partial charge in [-0.1, -0.05) is 0 Å². The van der Waals surface area contributed by atoms with Crippen molar-refractivity contribution in [2.75, 3.05) is 33.5 Å². The van der Waals surface area contributed by atoms with Gasteiger partial charge in [0.25, 0.3) is 0 Å². The number of ketones is 1. The minimum Gasteiger partial charge on any atom is -0.395 e. The van der Waals surface area contributed by atoms with Gasteiger partial charge in [-0.3, -0.25) is 4.79 Å². The molecular weight excluding hydrogens is 164 g/mol. The fourth-order valence-corrected chi connectivity index (χ4v) is 0.699. The van der Waals surface area contributed by atoms with Crippen LogP contribution < -0.4 is 0 Å². The van der Waals surface area contributed by atoms with Gasteiger partial charge in [0, 0.05) is 7.11 Å². The molecule has 0 fully saturated rings. The summed E-state index contributed by atoms with van der Waals surface area (Å²) in [5.74, 6) is -0.502. The fourth-order valence-electron chi connectivity index (χ4n) is 0.699. The minimum atomic E-state index is -1.46. The predicted molar refractivity (Wildman–Crippen MR) is 40.6 cm³/mol. The molecule has 0 unspecified atom stereocenters. The van der Waals surface area contributed by atoms with Crippen LogP contribution >= 0.6 is 0 Å². The lowest BCUT2D eigenvalue weighted by atomic mass is 9.86. The third kappa shape index (κ3) is 2.25. The molecule has 0 saturated carbocycles. The fraction of sp³-hybridized carbons (Fsp3) is 0.857. The van der Waals surface area contributed by atoms with Crippen LogP contribution in [0.1, 0.15) is 0 Å². The minimum absolute atomic E-state index is 0.221. The number of rotatable bonds is 6. The molecule has 0 heterocycles. The Kier molecular flexibility index (Phi) is 5.00. The van der Waals surface area contributed by atoms with Crippen LogP contribution in [-0.2, 0) is 9.53 Å². The van der Waals surface area contributed by atoms with Gasteiger partial charge in [0.15, 0.2) is 5.78 Å². The third-order valence-electron chi connectivity index (χ3n) is 1.77. The number of hydrogen-bond donors (Lipinski definition) is 3. The molecule has 0 aromatic heterocycles. The van der Waals surface area contributed by atoms with E-state index in [0.29, 0.717) is 0 Å². The lowest BCUT2D eigenvalue weighted by Gasteiger charge is -2.24. The van der Waals surface area contributed by atoms with Crippen LogP contribution in [0.3, 0.4) is 0 Å². The largest absolute Gasteiger partial charge is 0.395 e. The van der Waals surface area contributed by atoms with Crippen LogP contribution in [0.2, 0.25) is 0 Å². The van der Waals surface area contributed by atoms with Gasteiger partial charge in [-0.15, -0.1) is 0 Å². The number of aliphatic hydroxyl groups excluding tert-OH is 3. The molecule has 0 radical (unpaired) electrons. The Labute approximate surface area is 70.6 Å². The molecule has 0 aromatic rings. The molecule has 0 saturated heterocycles. The summed E-state index contributed by atoms with van der Waals surface area (Å²) in [6.07, 6.45) is 0. The highest BCUT2D eigenvalue weighted by Crippen LogP contribution is 2.15. The van der Waals surface area contributed by atoms with E-state index in [4.69, 9.17) is 15.3 Å². The summed E-state index contributed by atoms with van der Waals surface area (Å²) in [7, 11) is 1.33. The number of aliphatic hydroxyl groups is 3. The molecule has 5 nitrogen and oxygen atoms in total. The molecule has 0 aliphatic rings. The summed E-state index contributed by atoms with van der Waals surface area (Å²) in [5, 5.41) is 26.3. The van der Waals surface area contributed by atoms with Crippen LogP contribution in [0.15, 0.2) is 0 Å². The Morgan fingerprint density at radius 1 is 1.25 bits per heavy atom. The topological polar surface area (TPSA) is 87.0 Å². The average molecular weight is 178 g/mol. The van der Waals surface area contributed by atoms with Crippen molar-refractivity contribution in [2.45, 2.75) is 0 Å². The Morgan fingerprint density at radius 3 is 1.92 bits per heavy atom. The van der Waals surface area contributed by atoms with Crippen molar-refractivity contribution < 1.29 is 24.9 Å². The maximum Gasteiger partial charge on any atom is 0.171 e. The van der Waals surface area contributed by atoms with E-state index in [1.54, 1.807) is 0 Å². The highest BCUT2D eigenvalue weighted by Gasteiger charge is 2.36. The Morgan fingerprint density at radius 2 is 1.67 bits per heavy atom. The second-order valence-corrected chi connectivity index (χ2v) is 2.61. The standard InChI is InChI=1S/C7H14O5/c1-12-2-6(11)7(3-8,4-9)5-10/h8-10H,2-5H2,1H3.